The summed E-state index contributed by atoms with van der Waals surface area (Å²) >= 11 is 3.42. The van der Waals surface area contributed by atoms with Gasteiger partial charge in [-0.05, 0) is 54.3 Å². The molecule has 4 N–H and O–H groups in total. The van der Waals surface area contributed by atoms with E-state index in [0.717, 1.165) is 10.0 Å². The van der Waals surface area contributed by atoms with Crippen molar-refractivity contribution in [3.8, 4) is 0 Å². The van der Waals surface area contributed by atoms with Crippen molar-refractivity contribution in [2.45, 2.75) is 18.9 Å². The van der Waals surface area contributed by atoms with Gasteiger partial charge in [-0.2, -0.15) is 0 Å². The third kappa shape index (κ3) is 5.71. The molecule has 2 aromatic carbocycles. The molecule has 1 heterocycles. The first-order valence-electron chi connectivity index (χ1n) is 9.06. The van der Waals surface area contributed by atoms with Crippen LogP contribution in [0, 0.1) is 11.7 Å². The van der Waals surface area contributed by atoms with Crippen LogP contribution in [0.15, 0.2) is 59.2 Å². The SMILES string of the molecule is O=C(CC(Cc1cccc(Br)c1)C(NC(=O)c1ccc(F)cc1)c1c[nH]nn1)NO. The second-order valence-corrected chi connectivity index (χ2v) is 7.61. The number of hydrogen-bond donors (Lipinski definition) is 4. The average molecular weight is 476 g/mol. The van der Waals surface area contributed by atoms with Gasteiger partial charge in [-0.25, -0.2) is 9.87 Å². The molecule has 0 radical (unpaired) electrons. The minimum Gasteiger partial charge on any atom is -0.343 e. The zero-order chi connectivity index (χ0) is 21.5. The Hall–Kier alpha value is -3.11. The van der Waals surface area contributed by atoms with Gasteiger partial charge in [0.15, 0.2) is 0 Å². The number of carbonyl (C=O) groups is 2. The van der Waals surface area contributed by atoms with Crippen molar-refractivity contribution in [2.24, 2.45) is 5.92 Å². The quantitative estimate of drug-likeness (QED) is 0.295. The Kier molecular flexibility index (Phi) is 7.26. The Morgan fingerprint density at radius 3 is 2.60 bits per heavy atom. The van der Waals surface area contributed by atoms with E-state index in [1.807, 2.05) is 24.3 Å². The predicted molar refractivity (Wildman–Crippen MR) is 109 cm³/mol. The molecule has 0 aliphatic heterocycles. The molecule has 30 heavy (non-hydrogen) atoms. The van der Waals surface area contributed by atoms with Gasteiger partial charge in [0.05, 0.1) is 6.04 Å². The molecule has 0 saturated carbocycles. The Bertz CT molecular complexity index is 998. The summed E-state index contributed by atoms with van der Waals surface area (Å²) in [6, 6.07) is 12.0. The number of halogens is 2. The normalized spacial score (nSPS) is 12.8. The van der Waals surface area contributed by atoms with E-state index >= 15 is 0 Å². The number of rotatable bonds is 8. The molecular weight excluding hydrogens is 457 g/mol. The lowest BCUT2D eigenvalue weighted by molar-refractivity contribution is -0.130. The molecule has 0 saturated heterocycles. The van der Waals surface area contributed by atoms with Gasteiger partial charge in [-0.15, -0.1) is 5.10 Å². The van der Waals surface area contributed by atoms with Crippen LogP contribution in [0.25, 0.3) is 0 Å². The van der Waals surface area contributed by atoms with Crippen molar-refractivity contribution in [2.75, 3.05) is 0 Å². The smallest absolute Gasteiger partial charge is 0.251 e. The van der Waals surface area contributed by atoms with E-state index in [0.29, 0.717) is 12.1 Å². The number of nitrogens with zero attached hydrogens (tertiary/aromatic N) is 2. The van der Waals surface area contributed by atoms with Gasteiger partial charge in [0.1, 0.15) is 11.5 Å². The van der Waals surface area contributed by atoms with Crippen molar-refractivity contribution in [1.82, 2.24) is 26.2 Å². The Morgan fingerprint density at radius 2 is 1.97 bits per heavy atom. The molecule has 0 aliphatic rings. The topological polar surface area (TPSA) is 120 Å². The summed E-state index contributed by atoms with van der Waals surface area (Å²) in [5.41, 5.74) is 3.25. The van der Waals surface area contributed by atoms with E-state index in [-0.39, 0.29) is 12.0 Å². The zero-order valence-electron chi connectivity index (χ0n) is 15.7. The largest absolute Gasteiger partial charge is 0.343 e. The standard InChI is InChI=1S/C20H19BrFN5O3/c21-15-3-1-2-12(9-15)8-14(10-18(28)26-30)19(17-11-23-27-25-17)24-20(29)13-4-6-16(22)7-5-13/h1-7,9,11,14,19,30H,8,10H2,(H,24,29)(H,26,28)(H,23,25,27). The summed E-state index contributed by atoms with van der Waals surface area (Å²) in [4.78, 5) is 24.8. The van der Waals surface area contributed by atoms with E-state index in [1.165, 1.54) is 30.5 Å². The number of hydrogen-bond acceptors (Lipinski definition) is 5. The molecule has 0 aliphatic carbocycles. The number of carbonyl (C=O) groups excluding carboxylic acids is 2. The van der Waals surface area contributed by atoms with Crippen LogP contribution in [0.4, 0.5) is 4.39 Å². The van der Waals surface area contributed by atoms with Crippen LogP contribution in [0.2, 0.25) is 0 Å². The number of benzene rings is 2. The lowest BCUT2D eigenvalue weighted by Crippen LogP contribution is -2.37. The van der Waals surface area contributed by atoms with Gasteiger partial charge in [0.2, 0.25) is 5.91 Å². The van der Waals surface area contributed by atoms with E-state index in [4.69, 9.17) is 5.21 Å². The van der Waals surface area contributed by atoms with E-state index < -0.39 is 29.6 Å². The summed E-state index contributed by atoms with van der Waals surface area (Å²) < 4.78 is 14.1. The fourth-order valence-electron chi connectivity index (χ4n) is 3.18. The molecule has 0 spiro atoms. The fourth-order valence-corrected chi connectivity index (χ4v) is 3.63. The highest BCUT2D eigenvalue weighted by molar-refractivity contribution is 9.10. The maximum Gasteiger partial charge on any atom is 0.251 e. The van der Waals surface area contributed by atoms with Crippen LogP contribution in [0.3, 0.4) is 0 Å². The van der Waals surface area contributed by atoms with Gasteiger partial charge < -0.3 is 5.32 Å². The number of aromatic amines is 1. The second-order valence-electron chi connectivity index (χ2n) is 6.69. The lowest BCUT2D eigenvalue weighted by atomic mass is 9.87. The Balaban J connectivity index is 1.91. The van der Waals surface area contributed by atoms with Crippen molar-refractivity contribution in [1.29, 1.82) is 0 Å². The first-order valence-corrected chi connectivity index (χ1v) is 9.85. The summed E-state index contributed by atoms with van der Waals surface area (Å²) in [6.07, 6.45) is 1.86. The van der Waals surface area contributed by atoms with Crippen molar-refractivity contribution in [3.05, 3.63) is 81.8 Å². The highest BCUT2D eigenvalue weighted by atomic mass is 79.9. The highest BCUT2D eigenvalue weighted by Crippen LogP contribution is 2.28. The van der Waals surface area contributed by atoms with Crippen LogP contribution in [-0.2, 0) is 11.2 Å². The van der Waals surface area contributed by atoms with Crippen LogP contribution in [-0.4, -0.2) is 32.4 Å². The summed E-state index contributed by atoms with van der Waals surface area (Å²) in [7, 11) is 0. The molecule has 10 heteroatoms. The summed E-state index contributed by atoms with van der Waals surface area (Å²) in [6.45, 7) is 0. The average Bonchev–Trinajstić information content (AvgIpc) is 3.26. The van der Waals surface area contributed by atoms with Crippen molar-refractivity contribution < 1.29 is 19.2 Å². The van der Waals surface area contributed by atoms with Crippen LogP contribution in [0.1, 0.15) is 34.1 Å². The first-order chi connectivity index (χ1) is 14.5. The minimum absolute atomic E-state index is 0.0791. The summed E-state index contributed by atoms with van der Waals surface area (Å²) in [5, 5.41) is 22.2. The van der Waals surface area contributed by atoms with Gasteiger partial charge in [-0.1, -0.05) is 33.3 Å². The number of amides is 2. The second kappa shape index (κ2) is 10.1. The monoisotopic (exact) mass is 475 g/mol. The van der Waals surface area contributed by atoms with E-state index in [9.17, 15) is 14.0 Å². The molecule has 0 bridgehead atoms. The molecular formula is C20H19BrFN5O3. The number of aromatic nitrogens is 3. The highest BCUT2D eigenvalue weighted by Gasteiger charge is 2.30. The van der Waals surface area contributed by atoms with E-state index in [2.05, 4.69) is 36.7 Å². The predicted octanol–water partition coefficient (Wildman–Crippen LogP) is 2.93. The van der Waals surface area contributed by atoms with Crippen LogP contribution in [0.5, 0.6) is 0 Å². The third-order valence-electron chi connectivity index (χ3n) is 4.58. The van der Waals surface area contributed by atoms with E-state index in [1.54, 1.807) is 5.48 Å². The molecule has 3 rings (SSSR count). The minimum atomic E-state index is -0.697. The number of nitrogens with one attached hydrogen (secondary N) is 3. The fraction of sp³-hybridized carbons (Fsp3) is 0.200. The molecule has 8 nitrogen and oxygen atoms in total. The number of H-pyrrole nitrogens is 1. The first kappa shape index (κ1) is 21.6. The Morgan fingerprint density at radius 1 is 1.20 bits per heavy atom. The molecule has 2 atom stereocenters. The summed E-state index contributed by atoms with van der Waals surface area (Å²) in [5.74, 6) is -1.96. The lowest BCUT2D eigenvalue weighted by Gasteiger charge is -2.26. The van der Waals surface area contributed by atoms with Gasteiger partial charge in [0, 0.05) is 22.7 Å². The third-order valence-corrected chi connectivity index (χ3v) is 5.07. The number of hydroxylamine groups is 1. The molecule has 2 unspecified atom stereocenters. The van der Waals surface area contributed by atoms with Crippen LogP contribution < -0.4 is 10.8 Å². The van der Waals surface area contributed by atoms with Crippen molar-refractivity contribution >= 4 is 27.7 Å². The van der Waals surface area contributed by atoms with Gasteiger partial charge in [-0.3, -0.25) is 19.9 Å². The maximum absolute atomic E-state index is 13.2. The van der Waals surface area contributed by atoms with Crippen molar-refractivity contribution in [3.63, 3.8) is 0 Å². The molecule has 0 fully saturated rings. The Labute approximate surface area is 180 Å². The molecule has 2 amide bonds. The maximum atomic E-state index is 13.2. The van der Waals surface area contributed by atoms with Gasteiger partial charge >= 0.3 is 0 Å². The molecule has 1 aromatic heterocycles. The zero-order valence-corrected chi connectivity index (χ0v) is 17.3. The van der Waals surface area contributed by atoms with Crippen LogP contribution >= 0.6 is 15.9 Å². The van der Waals surface area contributed by atoms with Gasteiger partial charge in [0.25, 0.3) is 5.91 Å². The molecule has 3 aromatic rings. The molecule has 156 valence electrons.